The third kappa shape index (κ3) is 6.39. The molecule has 0 radical (unpaired) electrons. The highest BCUT2D eigenvalue weighted by Crippen LogP contribution is 2.27. The van der Waals surface area contributed by atoms with Crippen LogP contribution in [0.15, 0.2) is 0 Å². The first kappa shape index (κ1) is 16.4. The second-order valence-corrected chi connectivity index (χ2v) is 5.94. The lowest BCUT2D eigenvalue weighted by atomic mass is 9.83. The SMILES string of the molecule is CNCCCC(=O)NCC(C1CCCCC1)N(C)C. The molecule has 2 N–H and O–H groups in total. The highest BCUT2D eigenvalue weighted by molar-refractivity contribution is 5.75. The molecule has 4 nitrogen and oxygen atoms in total. The first-order valence-corrected chi connectivity index (χ1v) is 7.73. The topological polar surface area (TPSA) is 44.4 Å². The molecule has 1 unspecified atom stereocenters. The molecule has 19 heavy (non-hydrogen) atoms. The van der Waals surface area contributed by atoms with Crippen LogP contribution in [0.3, 0.4) is 0 Å². The van der Waals surface area contributed by atoms with Crippen LogP contribution in [0, 0.1) is 5.92 Å². The molecule has 1 rings (SSSR count). The predicted octanol–water partition coefficient (Wildman–Crippen LogP) is 1.61. The van der Waals surface area contributed by atoms with Crippen molar-refractivity contribution in [1.29, 1.82) is 0 Å². The Bertz CT molecular complexity index is 250. The second kappa shape index (κ2) is 9.32. The van der Waals surface area contributed by atoms with Gasteiger partial charge in [-0.15, -0.1) is 0 Å². The van der Waals surface area contributed by atoms with Crippen molar-refractivity contribution in [2.75, 3.05) is 34.2 Å². The van der Waals surface area contributed by atoms with Crippen LogP contribution in [0.4, 0.5) is 0 Å². The molecule has 0 aromatic rings. The van der Waals surface area contributed by atoms with Crippen LogP contribution in [0.25, 0.3) is 0 Å². The largest absolute Gasteiger partial charge is 0.355 e. The number of hydrogen-bond acceptors (Lipinski definition) is 3. The van der Waals surface area contributed by atoms with Crippen molar-refractivity contribution in [3.63, 3.8) is 0 Å². The normalized spacial score (nSPS) is 18.5. The van der Waals surface area contributed by atoms with Crippen LogP contribution in [-0.2, 0) is 4.79 Å². The molecule has 1 aliphatic carbocycles. The summed E-state index contributed by atoms with van der Waals surface area (Å²) in [5.41, 5.74) is 0. The fraction of sp³-hybridized carbons (Fsp3) is 0.933. The molecule has 112 valence electrons. The monoisotopic (exact) mass is 269 g/mol. The van der Waals surface area contributed by atoms with E-state index in [9.17, 15) is 4.79 Å². The molecule has 1 saturated carbocycles. The van der Waals surface area contributed by atoms with E-state index < -0.39 is 0 Å². The summed E-state index contributed by atoms with van der Waals surface area (Å²) in [6.07, 6.45) is 8.27. The quantitative estimate of drug-likeness (QED) is 0.658. The number of likely N-dealkylation sites (N-methyl/N-ethyl adjacent to an activating group) is 1. The summed E-state index contributed by atoms with van der Waals surface area (Å²) >= 11 is 0. The zero-order chi connectivity index (χ0) is 14.1. The van der Waals surface area contributed by atoms with Gasteiger partial charge in [0.2, 0.25) is 5.91 Å². The van der Waals surface area contributed by atoms with Crippen LogP contribution < -0.4 is 10.6 Å². The Labute approximate surface area is 118 Å². The lowest BCUT2D eigenvalue weighted by Gasteiger charge is -2.35. The molecular weight excluding hydrogens is 238 g/mol. The Balaban J connectivity index is 2.30. The average molecular weight is 269 g/mol. The van der Waals surface area contributed by atoms with Crippen LogP contribution >= 0.6 is 0 Å². The maximum atomic E-state index is 11.8. The number of carbonyl (C=O) groups is 1. The zero-order valence-electron chi connectivity index (χ0n) is 12.9. The molecule has 0 saturated heterocycles. The molecule has 1 atom stereocenters. The third-order valence-corrected chi connectivity index (χ3v) is 4.20. The third-order valence-electron chi connectivity index (χ3n) is 4.20. The van der Waals surface area contributed by atoms with Gasteiger partial charge in [0.25, 0.3) is 0 Å². The molecular formula is C15H31N3O. The molecule has 0 heterocycles. The Morgan fingerprint density at radius 3 is 2.53 bits per heavy atom. The Morgan fingerprint density at radius 2 is 1.95 bits per heavy atom. The van der Waals surface area contributed by atoms with Crippen molar-refractivity contribution in [1.82, 2.24) is 15.5 Å². The molecule has 0 aliphatic heterocycles. The number of carbonyl (C=O) groups excluding carboxylic acids is 1. The first-order chi connectivity index (χ1) is 9.15. The first-order valence-electron chi connectivity index (χ1n) is 7.73. The molecule has 1 fully saturated rings. The Morgan fingerprint density at radius 1 is 1.26 bits per heavy atom. The minimum absolute atomic E-state index is 0.193. The number of amides is 1. The van der Waals surface area contributed by atoms with E-state index in [1.54, 1.807) is 0 Å². The minimum atomic E-state index is 0.193. The number of rotatable bonds is 8. The standard InChI is InChI=1S/C15H31N3O/c1-16-11-7-10-15(19)17-12-14(18(2)3)13-8-5-4-6-9-13/h13-14,16H,4-12H2,1-3H3,(H,17,19). The van der Waals surface area contributed by atoms with E-state index in [1.165, 1.54) is 32.1 Å². The van der Waals surface area contributed by atoms with E-state index in [0.717, 1.165) is 25.4 Å². The summed E-state index contributed by atoms with van der Waals surface area (Å²) in [5, 5.41) is 6.18. The van der Waals surface area contributed by atoms with Gasteiger partial charge in [-0.3, -0.25) is 4.79 Å². The van der Waals surface area contributed by atoms with Gasteiger partial charge in [-0.05, 0) is 52.9 Å². The fourth-order valence-corrected chi connectivity index (χ4v) is 3.02. The predicted molar refractivity (Wildman–Crippen MR) is 80.2 cm³/mol. The van der Waals surface area contributed by atoms with Gasteiger partial charge < -0.3 is 15.5 Å². The van der Waals surface area contributed by atoms with E-state index in [4.69, 9.17) is 0 Å². The smallest absolute Gasteiger partial charge is 0.220 e. The summed E-state index contributed by atoms with van der Waals surface area (Å²) in [7, 11) is 6.18. The van der Waals surface area contributed by atoms with Crippen molar-refractivity contribution >= 4 is 5.91 Å². The number of nitrogens with one attached hydrogen (secondary N) is 2. The Kier molecular flexibility index (Phi) is 8.07. The van der Waals surface area contributed by atoms with Crippen LogP contribution in [-0.4, -0.2) is 51.1 Å². The van der Waals surface area contributed by atoms with E-state index in [-0.39, 0.29) is 5.91 Å². The molecule has 4 heteroatoms. The van der Waals surface area contributed by atoms with Gasteiger partial charge in [0.05, 0.1) is 0 Å². The maximum absolute atomic E-state index is 11.8. The van der Waals surface area contributed by atoms with E-state index in [2.05, 4.69) is 29.6 Å². The lowest BCUT2D eigenvalue weighted by Crippen LogP contribution is -2.45. The number of hydrogen-bond donors (Lipinski definition) is 2. The van der Waals surface area contributed by atoms with E-state index in [0.29, 0.717) is 12.5 Å². The second-order valence-electron chi connectivity index (χ2n) is 5.94. The van der Waals surface area contributed by atoms with Crippen molar-refractivity contribution in [3.8, 4) is 0 Å². The van der Waals surface area contributed by atoms with Crippen LogP contribution in [0.5, 0.6) is 0 Å². The van der Waals surface area contributed by atoms with Crippen molar-refractivity contribution in [2.24, 2.45) is 5.92 Å². The molecule has 1 amide bonds. The molecule has 0 aromatic heterocycles. The van der Waals surface area contributed by atoms with E-state index in [1.807, 2.05) is 7.05 Å². The highest BCUT2D eigenvalue weighted by Gasteiger charge is 2.25. The van der Waals surface area contributed by atoms with Gasteiger partial charge in [-0.25, -0.2) is 0 Å². The van der Waals surface area contributed by atoms with Gasteiger partial charge in [0.1, 0.15) is 0 Å². The summed E-state index contributed by atoms with van der Waals surface area (Å²) in [6, 6.07) is 0.494. The van der Waals surface area contributed by atoms with Gasteiger partial charge >= 0.3 is 0 Å². The summed E-state index contributed by atoms with van der Waals surface area (Å²) in [5.74, 6) is 0.944. The number of nitrogens with zero attached hydrogens (tertiary/aromatic N) is 1. The molecule has 0 bridgehead atoms. The van der Waals surface area contributed by atoms with E-state index >= 15 is 0 Å². The fourth-order valence-electron chi connectivity index (χ4n) is 3.02. The highest BCUT2D eigenvalue weighted by atomic mass is 16.1. The van der Waals surface area contributed by atoms with Crippen LogP contribution in [0.2, 0.25) is 0 Å². The maximum Gasteiger partial charge on any atom is 0.220 e. The van der Waals surface area contributed by atoms with Crippen LogP contribution in [0.1, 0.15) is 44.9 Å². The minimum Gasteiger partial charge on any atom is -0.355 e. The zero-order valence-corrected chi connectivity index (χ0v) is 12.9. The van der Waals surface area contributed by atoms with Gasteiger partial charge in [0, 0.05) is 19.0 Å². The average Bonchev–Trinajstić information content (AvgIpc) is 2.40. The van der Waals surface area contributed by atoms with Crippen molar-refractivity contribution < 1.29 is 4.79 Å². The van der Waals surface area contributed by atoms with Gasteiger partial charge in [-0.1, -0.05) is 19.3 Å². The molecule has 1 aliphatic rings. The summed E-state index contributed by atoms with van der Waals surface area (Å²) in [6.45, 7) is 1.71. The lowest BCUT2D eigenvalue weighted by molar-refractivity contribution is -0.121. The van der Waals surface area contributed by atoms with Gasteiger partial charge in [0.15, 0.2) is 0 Å². The summed E-state index contributed by atoms with van der Waals surface area (Å²) < 4.78 is 0. The van der Waals surface area contributed by atoms with Crippen molar-refractivity contribution in [2.45, 2.75) is 51.0 Å². The molecule has 0 spiro atoms. The molecule has 0 aromatic carbocycles. The summed E-state index contributed by atoms with van der Waals surface area (Å²) in [4.78, 5) is 14.1. The Hall–Kier alpha value is -0.610. The van der Waals surface area contributed by atoms with Gasteiger partial charge in [-0.2, -0.15) is 0 Å². The van der Waals surface area contributed by atoms with Crippen molar-refractivity contribution in [3.05, 3.63) is 0 Å².